The summed E-state index contributed by atoms with van der Waals surface area (Å²) in [5.41, 5.74) is 0.235. The number of benzene rings is 1. The standard InChI is InChI=1S/C25H38N4O5S/c1-5-6-13-26-35(33,34)21-9-7-20(8-10-21)27-23(31)18-11-14-28(15-12-18)24(32)19-16-22(30)29(17-19)25(2,3)4/h7-10,18-19,26H,5-6,11-17H2,1-4H3,(H,27,31). The average molecular weight is 507 g/mol. The molecule has 2 aliphatic rings. The number of nitrogens with zero attached hydrogens (tertiary/aromatic N) is 2. The Labute approximate surface area is 208 Å². The van der Waals surface area contributed by atoms with Crippen molar-refractivity contribution in [3.05, 3.63) is 24.3 Å². The van der Waals surface area contributed by atoms with E-state index < -0.39 is 10.0 Å². The molecule has 2 fully saturated rings. The Morgan fingerprint density at radius 1 is 1.06 bits per heavy atom. The molecule has 1 atom stereocenters. The molecule has 2 aliphatic heterocycles. The van der Waals surface area contributed by atoms with Crippen LogP contribution in [0.5, 0.6) is 0 Å². The van der Waals surface area contributed by atoms with E-state index in [1.807, 2.05) is 27.7 Å². The first-order valence-electron chi connectivity index (χ1n) is 12.4. The van der Waals surface area contributed by atoms with E-state index >= 15 is 0 Å². The molecular formula is C25H38N4O5S. The van der Waals surface area contributed by atoms with E-state index in [0.29, 0.717) is 44.7 Å². The molecule has 0 radical (unpaired) electrons. The molecule has 35 heavy (non-hydrogen) atoms. The molecule has 1 aromatic carbocycles. The summed E-state index contributed by atoms with van der Waals surface area (Å²) >= 11 is 0. The lowest BCUT2D eigenvalue weighted by molar-refractivity contribution is -0.138. The number of unbranched alkanes of at least 4 members (excludes halogenated alkanes) is 1. The number of likely N-dealkylation sites (tertiary alicyclic amines) is 2. The summed E-state index contributed by atoms with van der Waals surface area (Å²) in [6.45, 7) is 9.71. The van der Waals surface area contributed by atoms with Gasteiger partial charge in [0.25, 0.3) is 0 Å². The number of nitrogens with one attached hydrogen (secondary N) is 2. The van der Waals surface area contributed by atoms with Crippen molar-refractivity contribution in [2.24, 2.45) is 11.8 Å². The van der Waals surface area contributed by atoms with E-state index in [1.54, 1.807) is 21.9 Å². The van der Waals surface area contributed by atoms with Crippen molar-refractivity contribution >= 4 is 33.4 Å². The average Bonchev–Trinajstić information content (AvgIpc) is 3.21. The van der Waals surface area contributed by atoms with Gasteiger partial charge in [0.2, 0.25) is 27.7 Å². The SMILES string of the molecule is CCCCNS(=O)(=O)c1ccc(NC(=O)C2CCN(C(=O)C3CC(=O)N(C(C)(C)C)C3)CC2)cc1. The van der Waals surface area contributed by atoms with Crippen molar-refractivity contribution in [1.29, 1.82) is 0 Å². The van der Waals surface area contributed by atoms with Crippen LogP contribution in [-0.4, -0.2) is 67.7 Å². The Morgan fingerprint density at radius 2 is 1.69 bits per heavy atom. The summed E-state index contributed by atoms with van der Waals surface area (Å²) in [5, 5.41) is 2.86. The maximum absolute atomic E-state index is 13.0. The van der Waals surface area contributed by atoms with Crippen LogP contribution in [-0.2, 0) is 24.4 Å². The Balaban J connectivity index is 1.49. The van der Waals surface area contributed by atoms with Crippen LogP contribution in [0.2, 0.25) is 0 Å². The molecule has 2 N–H and O–H groups in total. The zero-order chi connectivity index (χ0) is 25.8. The van der Waals surface area contributed by atoms with Crippen LogP contribution >= 0.6 is 0 Å². The number of sulfonamides is 1. The molecule has 194 valence electrons. The van der Waals surface area contributed by atoms with E-state index in [1.165, 1.54) is 12.1 Å². The molecule has 0 aliphatic carbocycles. The first-order chi connectivity index (χ1) is 16.4. The molecule has 2 saturated heterocycles. The van der Waals surface area contributed by atoms with Gasteiger partial charge in [-0.05, 0) is 64.3 Å². The molecule has 0 saturated carbocycles. The summed E-state index contributed by atoms with van der Waals surface area (Å²) in [4.78, 5) is 41.8. The Kier molecular flexibility index (Phi) is 8.58. The van der Waals surface area contributed by atoms with Crippen molar-refractivity contribution in [3.8, 4) is 0 Å². The van der Waals surface area contributed by atoms with Gasteiger partial charge in [0.05, 0.1) is 10.8 Å². The minimum Gasteiger partial charge on any atom is -0.342 e. The monoisotopic (exact) mass is 506 g/mol. The number of hydrogen-bond acceptors (Lipinski definition) is 5. The Bertz CT molecular complexity index is 1020. The molecule has 2 heterocycles. The quantitative estimate of drug-likeness (QED) is 0.526. The number of carbonyl (C=O) groups excluding carboxylic acids is 3. The predicted molar refractivity (Wildman–Crippen MR) is 134 cm³/mol. The summed E-state index contributed by atoms with van der Waals surface area (Å²) in [7, 11) is -3.56. The van der Waals surface area contributed by atoms with Crippen LogP contribution in [0.25, 0.3) is 0 Å². The fraction of sp³-hybridized carbons (Fsp3) is 0.640. The van der Waals surface area contributed by atoms with Gasteiger partial charge in [-0.25, -0.2) is 13.1 Å². The van der Waals surface area contributed by atoms with Crippen LogP contribution in [0.1, 0.15) is 59.8 Å². The normalized spacial score (nSPS) is 19.8. The Hall–Kier alpha value is -2.46. The molecule has 0 bridgehead atoms. The number of piperidine rings is 1. The second-order valence-electron chi connectivity index (χ2n) is 10.4. The van der Waals surface area contributed by atoms with E-state index in [2.05, 4.69) is 10.0 Å². The number of carbonyl (C=O) groups is 3. The fourth-order valence-corrected chi connectivity index (χ4v) is 5.64. The number of hydrogen-bond donors (Lipinski definition) is 2. The molecule has 3 rings (SSSR count). The highest BCUT2D eigenvalue weighted by Crippen LogP contribution is 2.29. The lowest BCUT2D eigenvalue weighted by Crippen LogP contribution is -2.46. The summed E-state index contributed by atoms with van der Waals surface area (Å²) < 4.78 is 27.2. The van der Waals surface area contributed by atoms with Crippen LogP contribution in [0.4, 0.5) is 5.69 Å². The summed E-state index contributed by atoms with van der Waals surface area (Å²) in [5.74, 6) is -0.675. The van der Waals surface area contributed by atoms with Crippen LogP contribution in [0.3, 0.4) is 0 Å². The van der Waals surface area contributed by atoms with Crippen molar-refractivity contribution in [2.75, 3.05) is 31.5 Å². The highest BCUT2D eigenvalue weighted by molar-refractivity contribution is 7.89. The van der Waals surface area contributed by atoms with Gasteiger partial charge in [0, 0.05) is 49.7 Å². The Morgan fingerprint density at radius 3 is 2.23 bits per heavy atom. The second kappa shape index (κ2) is 11.1. The molecule has 0 aromatic heterocycles. The van der Waals surface area contributed by atoms with Gasteiger partial charge in [-0.1, -0.05) is 13.3 Å². The van der Waals surface area contributed by atoms with Gasteiger partial charge in [0.15, 0.2) is 0 Å². The van der Waals surface area contributed by atoms with Gasteiger partial charge in [-0.15, -0.1) is 0 Å². The number of anilines is 1. The third-order valence-electron chi connectivity index (χ3n) is 6.72. The zero-order valence-corrected chi connectivity index (χ0v) is 22.0. The molecule has 3 amide bonds. The highest BCUT2D eigenvalue weighted by atomic mass is 32.2. The van der Waals surface area contributed by atoms with Gasteiger partial charge in [-0.3, -0.25) is 14.4 Å². The number of rotatable bonds is 8. The lowest BCUT2D eigenvalue weighted by Gasteiger charge is -2.34. The molecule has 9 nitrogen and oxygen atoms in total. The van der Waals surface area contributed by atoms with E-state index in [0.717, 1.165) is 12.8 Å². The van der Waals surface area contributed by atoms with Gasteiger partial charge in [-0.2, -0.15) is 0 Å². The van der Waals surface area contributed by atoms with Gasteiger partial charge in [0.1, 0.15) is 0 Å². The lowest BCUT2D eigenvalue weighted by atomic mass is 9.94. The minimum atomic E-state index is -3.56. The van der Waals surface area contributed by atoms with Gasteiger partial charge < -0.3 is 15.1 Å². The highest BCUT2D eigenvalue weighted by Gasteiger charge is 2.41. The van der Waals surface area contributed by atoms with Gasteiger partial charge >= 0.3 is 0 Å². The summed E-state index contributed by atoms with van der Waals surface area (Å²) in [6.07, 6.45) is 3.02. The zero-order valence-electron chi connectivity index (χ0n) is 21.2. The predicted octanol–water partition coefficient (Wildman–Crippen LogP) is 2.59. The fourth-order valence-electron chi connectivity index (χ4n) is 4.57. The van der Waals surface area contributed by atoms with Crippen molar-refractivity contribution in [2.45, 2.75) is 70.2 Å². The number of amides is 3. The maximum atomic E-state index is 13.0. The second-order valence-corrected chi connectivity index (χ2v) is 12.2. The van der Waals surface area contributed by atoms with Crippen molar-refractivity contribution < 1.29 is 22.8 Å². The smallest absolute Gasteiger partial charge is 0.240 e. The first-order valence-corrected chi connectivity index (χ1v) is 13.9. The maximum Gasteiger partial charge on any atom is 0.240 e. The third kappa shape index (κ3) is 6.82. The van der Waals surface area contributed by atoms with Crippen molar-refractivity contribution in [3.63, 3.8) is 0 Å². The summed E-state index contributed by atoms with van der Waals surface area (Å²) in [6, 6.07) is 6.13. The minimum absolute atomic E-state index is 0.00620. The van der Waals surface area contributed by atoms with Crippen LogP contribution in [0.15, 0.2) is 29.2 Å². The van der Waals surface area contributed by atoms with E-state index in [9.17, 15) is 22.8 Å². The molecule has 0 spiro atoms. The first kappa shape index (κ1) is 27.1. The molecular weight excluding hydrogens is 468 g/mol. The van der Waals surface area contributed by atoms with Crippen LogP contribution in [0, 0.1) is 11.8 Å². The van der Waals surface area contributed by atoms with E-state index in [-0.39, 0.29) is 46.4 Å². The third-order valence-corrected chi connectivity index (χ3v) is 8.19. The molecule has 1 aromatic rings. The van der Waals surface area contributed by atoms with E-state index in [4.69, 9.17) is 0 Å². The topological polar surface area (TPSA) is 116 Å². The van der Waals surface area contributed by atoms with Crippen molar-refractivity contribution in [1.82, 2.24) is 14.5 Å². The molecule has 1 unspecified atom stereocenters. The molecule has 10 heteroatoms. The largest absolute Gasteiger partial charge is 0.342 e. The van der Waals surface area contributed by atoms with Crippen LogP contribution < -0.4 is 10.0 Å².